The average Bonchev–Trinajstić information content (AvgIpc) is 3.33. The molecule has 4 rings (SSSR count). The molecule has 0 aromatic carbocycles. The second-order valence-electron chi connectivity index (χ2n) is 7.25. The van der Waals surface area contributed by atoms with Gasteiger partial charge in [-0.3, -0.25) is 4.79 Å². The van der Waals surface area contributed by atoms with Crippen LogP contribution >= 0.6 is 0 Å². The third-order valence-corrected chi connectivity index (χ3v) is 5.85. The molecule has 2 aromatic rings. The molecule has 2 aliphatic rings. The highest BCUT2D eigenvalue weighted by molar-refractivity contribution is 5.92. The molecule has 7 heteroatoms. The van der Waals surface area contributed by atoms with E-state index in [2.05, 4.69) is 10.1 Å². The quantitative estimate of drug-likeness (QED) is 0.804. The maximum atomic E-state index is 13.0. The molecule has 0 spiro atoms. The van der Waals surface area contributed by atoms with Gasteiger partial charge in [-0.15, -0.1) is 0 Å². The first kappa shape index (κ1) is 18.0. The zero-order valence-corrected chi connectivity index (χ0v) is 15.8. The number of amides is 1. The van der Waals surface area contributed by atoms with Crippen molar-refractivity contribution in [3.63, 3.8) is 0 Å². The summed E-state index contributed by atoms with van der Waals surface area (Å²) >= 11 is 0. The van der Waals surface area contributed by atoms with E-state index in [1.54, 1.807) is 19.4 Å². The van der Waals surface area contributed by atoms with Gasteiger partial charge in [0.2, 0.25) is 5.88 Å². The summed E-state index contributed by atoms with van der Waals surface area (Å²) < 4.78 is 17.2. The molecule has 1 aliphatic heterocycles. The fourth-order valence-electron chi connectivity index (χ4n) is 4.33. The monoisotopic (exact) mass is 371 g/mol. The Bertz CT molecular complexity index is 794. The normalized spacial score (nSPS) is 27.4. The van der Waals surface area contributed by atoms with Crippen LogP contribution in [-0.4, -0.2) is 52.3 Å². The molecule has 2 aromatic heterocycles. The lowest BCUT2D eigenvalue weighted by molar-refractivity contribution is -0.0789. The summed E-state index contributed by atoms with van der Waals surface area (Å²) in [6.07, 6.45) is 5.72. The Labute approximate surface area is 158 Å². The first-order valence-electron chi connectivity index (χ1n) is 9.54. The van der Waals surface area contributed by atoms with E-state index in [0.717, 1.165) is 25.0 Å². The molecule has 0 radical (unpaired) electrons. The SMILES string of the molecule is CCc1cc(C(=O)N2CC[C@]3(OC)CC[C@@H](Oc4ccccn4)C[C@H]23)no1. The minimum absolute atomic E-state index is 0.00471. The van der Waals surface area contributed by atoms with Crippen LogP contribution in [0.15, 0.2) is 35.0 Å². The van der Waals surface area contributed by atoms with Crippen molar-refractivity contribution >= 4 is 5.91 Å². The predicted molar refractivity (Wildman–Crippen MR) is 97.6 cm³/mol. The van der Waals surface area contributed by atoms with E-state index in [1.165, 1.54) is 0 Å². The number of aromatic nitrogens is 2. The molecule has 144 valence electrons. The largest absolute Gasteiger partial charge is 0.474 e. The number of nitrogens with zero attached hydrogens (tertiary/aromatic N) is 3. The first-order valence-corrected chi connectivity index (χ1v) is 9.54. The number of hydrogen-bond donors (Lipinski definition) is 0. The van der Waals surface area contributed by atoms with E-state index < -0.39 is 0 Å². The Morgan fingerprint density at radius 2 is 2.30 bits per heavy atom. The Kier molecular flexibility index (Phi) is 4.86. The van der Waals surface area contributed by atoms with Crippen molar-refractivity contribution in [1.29, 1.82) is 0 Å². The summed E-state index contributed by atoms with van der Waals surface area (Å²) in [5.41, 5.74) is 0.0586. The van der Waals surface area contributed by atoms with Crippen molar-refractivity contribution in [3.05, 3.63) is 41.9 Å². The van der Waals surface area contributed by atoms with Gasteiger partial charge in [-0.05, 0) is 25.3 Å². The van der Waals surface area contributed by atoms with Crippen LogP contribution in [0.2, 0.25) is 0 Å². The van der Waals surface area contributed by atoms with Crippen molar-refractivity contribution in [2.75, 3.05) is 13.7 Å². The van der Waals surface area contributed by atoms with Crippen molar-refractivity contribution in [3.8, 4) is 5.88 Å². The molecular formula is C20H25N3O4. The van der Waals surface area contributed by atoms with Gasteiger partial charge in [0.1, 0.15) is 11.9 Å². The molecule has 1 aliphatic carbocycles. The van der Waals surface area contributed by atoms with Crippen molar-refractivity contribution in [2.45, 2.75) is 56.8 Å². The zero-order chi connectivity index (χ0) is 18.9. The maximum absolute atomic E-state index is 13.0. The minimum atomic E-state index is -0.309. The second kappa shape index (κ2) is 7.31. The van der Waals surface area contributed by atoms with E-state index in [4.69, 9.17) is 14.0 Å². The van der Waals surface area contributed by atoms with E-state index in [1.807, 2.05) is 30.0 Å². The van der Waals surface area contributed by atoms with E-state index in [-0.39, 0.29) is 23.7 Å². The zero-order valence-electron chi connectivity index (χ0n) is 15.8. The molecule has 0 bridgehead atoms. The molecule has 3 atom stereocenters. The van der Waals surface area contributed by atoms with Crippen molar-refractivity contribution in [2.24, 2.45) is 0 Å². The Balaban J connectivity index is 1.53. The summed E-state index contributed by atoms with van der Waals surface area (Å²) in [7, 11) is 1.74. The van der Waals surface area contributed by atoms with Crippen LogP contribution in [0.25, 0.3) is 0 Å². The van der Waals surface area contributed by atoms with Gasteiger partial charge < -0.3 is 18.9 Å². The minimum Gasteiger partial charge on any atom is -0.474 e. The van der Waals surface area contributed by atoms with E-state index in [0.29, 0.717) is 31.0 Å². The molecule has 7 nitrogen and oxygen atoms in total. The average molecular weight is 371 g/mol. The smallest absolute Gasteiger partial charge is 0.276 e. The lowest BCUT2D eigenvalue weighted by Gasteiger charge is -2.43. The van der Waals surface area contributed by atoms with Crippen LogP contribution in [0.1, 0.15) is 48.9 Å². The number of carbonyl (C=O) groups excluding carboxylic acids is 1. The first-order chi connectivity index (χ1) is 13.1. The Morgan fingerprint density at radius 3 is 3.00 bits per heavy atom. The van der Waals surface area contributed by atoms with Gasteiger partial charge in [0.15, 0.2) is 5.69 Å². The van der Waals surface area contributed by atoms with Crippen molar-refractivity contribution in [1.82, 2.24) is 15.0 Å². The standard InChI is InChI=1S/C20H25N3O4/c1-3-14-12-16(22-27-14)19(24)23-11-9-20(25-2)8-7-15(13-17(20)23)26-18-6-4-5-10-21-18/h4-6,10,12,15,17H,3,7-9,11,13H2,1-2H3/t15-,17+,20-/m1/s1. The number of likely N-dealkylation sites (tertiary alicyclic amines) is 1. The van der Waals surface area contributed by atoms with Gasteiger partial charge in [0, 0.05) is 44.8 Å². The van der Waals surface area contributed by atoms with Crippen LogP contribution in [0, 0.1) is 0 Å². The fraction of sp³-hybridized carbons (Fsp3) is 0.550. The second-order valence-corrected chi connectivity index (χ2v) is 7.25. The molecule has 27 heavy (non-hydrogen) atoms. The van der Waals surface area contributed by atoms with Gasteiger partial charge in [0.05, 0.1) is 11.6 Å². The number of hydrogen-bond acceptors (Lipinski definition) is 6. The highest BCUT2D eigenvalue weighted by Crippen LogP contribution is 2.43. The summed E-state index contributed by atoms with van der Waals surface area (Å²) in [6.45, 7) is 2.63. The van der Waals surface area contributed by atoms with Gasteiger partial charge in [-0.2, -0.15) is 0 Å². The lowest BCUT2D eigenvalue weighted by Crippen LogP contribution is -2.53. The maximum Gasteiger partial charge on any atom is 0.276 e. The predicted octanol–water partition coefficient (Wildman–Crippen LogP) is 2.86. The molecule has 3 heterocycles. The molecule has 1 amide bonds. The Morgan fingerprint density at radius 1 is 1.41 bits per heavy atom. The third-order valence-electron chi connectivity index (χ3n) is 5.85. The molecule has 0 unspecified atom stereocenters. The number of carbonyl (C=O) groups is 1. The molecule has 0 N–H and O–H groups in total. The Hall–Kier alpha value is -2.41. The molecule has 2 fully saturated rings. The third kappa shape index (κ3) is 3.32. The number of fused-ring (bicyclic) bond motifs is 1. The van der Waals surface area contributed by atoms with E-state index in [9.17, 15) is 4.79 Å². The van der Waals surface area contributed by atoms with Gasteiger partial charge in [0.25, 0.3) is 5.91 Å². The topological polar surface area (TPSA) is 77.7 Å². The summed E-state index contributed by atoms with van der Waals surface area (Å²) in [6, 6.07) is 7.33. The summed E-state index contributed by atoms with van der Waals surface area (Å²) in [4.78, 5) is 19.2. The highest BCUT2D eigenvalue weighted by atomic mass is 16.5. The molecule has 1 saturated heterocycles. The lowest BCUT2D eigenvalue weighted by atomic mass is 9.79. The van der Waals surface area contributed by atoms with Crippen LogP contribution < -0.4 is 4.74 Å². The van der Waals surface area contributed by atoms with Crippen LogP contribution in [0.5, 0.6) is 5.88 Å². The van der Waals surface area contributed by atoms with Crippen LogP contribution in [0.3, 0.4) is 0 Å². The number of rotatable bonds is 5. The van der Waals surface area contributed by atoms with Gasteiger partial charge >= 0.3 is 0 Å². The summed E-state index contributed by atoms with van der Waals surface area (Å²) in [5, 5.41) is 3.96. The molecular weight excluding hydrogens is 346 g/mol. The van der Waals surface area contributed by atoms with Gasteiger partial charge in [-0.25, -0.2) is 4.98 Å². The number of ether oxygens (including phenoxy) is 2. The van der Waals surface area contributed by atoms with Gasteiger partial charge in [-0.1, -0.05) is 18.1 Å². The number of methoxy groups -OCH3 is 1. The fourth-order valence-corrected chi connectivity index (χ4v) is 4.33. The summed E-state index contributed by atoms with van der Waals surface area (Å²) in [5.74, 6) is 1.24. The van der Waals surface area contributed by atoms with Crippen LogP contribution in [0.4, 0.5) is 0 Å². The highest BCUT2D eigenvalue weighted by Gasteiger charge is 2.53. The van der Waals surface area contributed by atoms with Crippen molar-refractivity contribution < 1.29 is 18.8 Å². The number of aryl methyl sites for hydroxylation is 1. The van der Waals surface area contributed by atoms with Crippen LogP contribution in [-0.2, 0) is 11.2 Å². The molecule has 1 saturated carbocycles. The van der Waals surface area contributed by atoms with E-state index >= 15 is 0 Å². The number of pyridine rings is 1.